The van der Waals surface area contributed by atoms with Gasteiger partial charge in [0.25, 0.3) is 0 Å². The molecule has 2 aromatic carbocycles. The maximum atomic E-state index is 12.4. The molecule has 156 valence electrons. The van der Waals surface area contributed by atoms with Crippen LogP contribution in [0.4, 0.5) is 5.69 Å². The number of ether oxygens (including phenoxy) is 1. The fourth-order valence-electron chi connectivity index (χ4n) is 3.28. The van der Waals surface area contributed by atoms with Gasteiger partial charge in [-0.1, -0.05) is 41.6 Å². The van der Waals surface area contributed by atoms with Crippen molar-refractivity contribution in [2.24, 2.45) is 0 Å². The summed E-state index contributed by atoms with van der Waals surface area (Å²) in [6.07, 6.45) is 2.17. The second-order valence-corrected chi connectivity index (χ2v) is 8.78. The van der Waals surface area contributed by atoms with Gasteiger partial charge in [-0.25, -0.2) is 0 Å². The Kier molecular flexibility index (Phi) is 6.29. The van der Waals surface area contributed by atoms with Gasteiger partial charge in [0.15, 0.2) is 11.0 Å². The van der Waals surface area contributed by atoms with Gasteiger partial charge in [0.2, 0.25) is 5.91 Å². The number of thioether (sulfide) groups is 1. The van der Waals surface area contributed by atoms with Crippen molar-refractivity contribution in [3.8, 4) is 5.75 Å². The van der Waals surface area contributed by atoms with Gasteiger partial charge in [0, 0.05) is 11.7 Å². The molecule has 0 atom stereocenters. The molecule has 0 bridgehead atoms. The quantitative estimate of drug-likeness (QED) is 0.486. The molecule has 0 unspecified atom stereocenters. The number of carbonyl (C=O) groups is 1. The lowest BCUT2D eigenvalue weighted by Crippen LogP contribution is -2.15. The minimum absolute atomic E-state index is 0.0655. The zero-order valence-corrected chi connectivity index (χ0v) is 18.5. The number of aromatic nitrogens is 3. The van der Waals surface area contributed by atoms with Crippen LogP contribution >= 0.6 is 23.4 Å². The Balaban J connectivity index is 1.39. The number of para-hydroxylation sites is 1. The van der Waals surface area contributed by atoms with Crippen LogP contribution in [0.1, 0.15) is 35.8 Å². The molecule has 0 saturated heterocycles. The van der Waals surface area contributed by atoms with Crippen LogP contribution < -0.4 is 10.1 Å². The van der Waals surface area contributed by atoms with Crippen molar-refractivity contribution in [2.75, 3.05) is 11.1 Å². The Morgan fingerprint density at radius 1 is 1.20 bits per heavy atom. The van der Waals surface area contributed by atoms with Gasteiger partial charge in [-0.2, -0.15) is 0 Å². The number of aryl methyl sites for hydroxylation is 2. The first kappa shape index (κ1) is 20.8. The Bertz CT molecular complexity index is 1040. The molecule has 3 aromatic rings. The standard InChI is InChI=1S/C22H23ClN4O2S/c1-14-9-15(2)11-16(10-14)24-21(28)13-30-22-26-25-20(27(22)17-7-8-17)12-29-19-6-4-3-5-18(19)23/h3-6,9-11,17H,7-8,12-13H2,1-2H3,(H,24,28). The van der Waals surface area contributed by atoms with E-state index in [1.54, 1.807) is 6.07 Å². The Morgan fingerprint density at radius 2 is 1.93 bits per heavy atom. The van der Waals surface area contributed by atoms with Gasteiger partial charge in [-0.3, -0.25) is 9.36 Å². The first-order valence-corrected chi connectivity index (χ1v) is 11.2. The van der Waals surface area contributed by atoms with Gasteiger partial charge in [0.1, 0.15) is 12.4 Å². The Morgan fingerprint density at radius 3 is 2.63 bits per heavy atom. The van der Waals surface area contributed by atoms with Crippen LogP contribution in [0.15, 0.2) is 47.6 Å². The van der Waals surface area contributed by atoms with Crippen molar-refractivity contribution in [1.29, 1.82) is 0 Å². The molecule has 1 amide bonds. The molecule has 1 saturated carbocycles. The van der Waals surface area contributed by atoms with E-state index in [9.17, 15) is 4.79 Å². The first-order chi connectivity index (χ1) is 14.5. The highest BCUT2D eigenvalue weighted by Gasteiger charge is 2.30. The van der Waals surface area contributed by atoms with Crippen LogP contribution in [0, 0.1) is 13.8 Å². The number of hydrogen-bond donors (Lipinski definition) is 1. The van der Waals surface area contributed by atoms with Crippen molar-refractivity contribution < 1.29 is 9.53 Å². The van der Waals surface area contributed by atoms with Crippen molar-refractivity contribution in [3.05, 3.63) is 64.4 Å². The number of anilines is 1. The van der Waals surface area contributed by atoms with Crippen LogP contribution in [0.25, 0.3) is 0 Å². The van der Waals surface area contributed by atoms with Gasteiger partial charge >= 0.3 is 0 Å². The molecule has 30 heavy (non-hydrogen) atoms. The molecule has 0 aliphatic heterocycles. The van der Waals surface area contributed by atoms with Crippen LogP contribution in [-0.2, 0) is 11.4 Å². The average molecular weight is 443 g/mol. The molecular formula is C22H23ClN4O2S. The number of nitrogens with one attached hydrogen (secondary N) is 1. The van der Waals surface area contributed by atoms with E-state index in [1.165, 1.54) is 11.8 Å². The molecule has 1 aliphatic rings. The summed E-state index contributed by atoms with van der Waals surface area (Å²) in [4.78, 5) is 12.4. The fraction of sp³-hybridized carbons (Fsp3) is 0.318. The normalized spacial score (nSPS) is 13.3. The van der Waals surface area contributed by atoms with Crippen molar-refractivity contribution in [3.63, 3.8) is 0 Å². The zero-order valence-electron chi connectivity index (χ0n) is 16.9. The number of hydrogen-bond acceptors (Lipinski definition) is 5. The minimum atomic E-state index is -0.0655. The van der Waals surface area contributed by atoms with Crippen LogP contribution in [0.5, 0.6) is 5.75 Å². The molecule has 6 nitrogen and oxygen atoms in total. The van der Waals surface area contributed by atoms with Crippen LogP contribution in [0.2, 0.25) is 5.02 Å². The highest BCUT2D eigenvalue weighted by molar-refractivity contribution is 7.99. The lowest BCUT2D eigenvalue weighted by atomic mass is 10.1. The summed E-state index contributed by atoms with van der Waals surface area (Å²) < 4.78 is 7.93. The molecule has 0 radical (unpaired) electrons. The third-order valence-corrected chi connectivity index (χ3v) is 5.93. The lowest BCUT2D eigenvalue weighted by Gasteiger charge is -2.11. The van der Waals surface area contributed by atoms with Crippen molar-refractivity contribution >= 4 is 35.0 Å². The number of carbonyl (C=O) groups excluding carboxylic acids is 1. The predicted molar refractivity (Wildman–Crippen MR) is 119 cm³/mol. The molecule has 1 heterocycles. The summed E-state index contributed by atoms with van der Waals surface area (Å²) >= 11 is 7.56. The molecular weight excluding hydrogens is 420 g/mol. The second-order valence-electron chi connectivity index (χ2n) is 7.43. The summed E-state index contributed by atoms with van der Waals surface area (Å²) in [6.45, 7) is 4.31. The van der Waals surface area contributed by atoms with Crippen molar-refractivity contribution in [2.45, 2.75) is 44.5 Å². The van der Waals surface area contributed by atoms with E-state index in [-0.39, 0.29) is 18.3 Å². The molecule has 4 rings (SSSR count). The maximum Gasteiger partial charge on any atom is 0.234 e. The molecule has 1 N–H and O–H groups in total. The van der Waals surface area contributed by atoms with E-state index < -0.39 is 0 Å². The first-order valence-electron chi connectivity index (χ1n) is 9.81. The van der Waals surface area contributed by atoms with E-state index >= 15 is 0 Å². The van der Waals surface area contributed by atoms with E-state index in [0.29, 0.717) is 16.8 Å². The van der Waals surface area contributed by atoms with E-state index in [1.807, 2.05) is 44.2 Å². The van der Waals surface area contributed by atoms with Crippen LogP contribution in [-0.4, -0.2) is 26.4 Å². The van der Waals surface area contributed by atoms with E-state index in [2.05, 4.69) is 26.1 Å². The average Bonchev–Trinajstić information content (AvgIpc) is 3.45. The molecule has 0 spiro atoms. The van der Waals surface area contributed by atoms with Gasteiger partial charge in [0.05, 0.1) is 10.8 Å². The number of rotatable bonds is 8. The highest BCUT2D eigenvalue weighted by atomic mass is 35.5. The van der Waals surface area contributed by atoms with Crippen LogP contribution in [0.3, 0.4) is 0 Å². The Hall–Kier alpha value is -2.51. The van der Waals surface area contributed by atoms with E-state index in [0.717, 1.165) is 40.6 Å². The fourth-order valence-corrected chi connectivity index (χ4v) is 4.30. The summed E-state index contributed by atoms with van der Waals surface area (Å²) in [5.41, 5.74) is 3.06. The summed E-state index contributed by atoms with van der Waals surface area (Å²) in [5, 5.41) is 12.9. The van der Waals surface area contributed by atoms with Gasteiger partial charge < -0.3 is 10.1 Å². The van der Waals surface area contributed by atoms with E-state index in [4.69, 9.17) is 16.3 Å². The molecule has 8 heteroatoms. The maximum absolute atomic E-state index is 12.4. The number of benzene rings is 2. The Labute approximate surface area is 185 Å². The SMILES string of the molecule is Cc1cc(C)cc(NC(=O)CSc2nnc(COc3ccccc3Cl)n2C2CC2)c1. The summed E-state index contributed by atoms with van der Waals surface area (Å²) in [6, 6.07) is 13.7. The summed E-state index contributed by atoms with van der Waals surface area (Å²) in [5.74, 6) is 1.56. The van der Waals surface area contributed by atoms with Crippen molar-refractivity contribution in [1.82, 2.24) is 14.8 Å². The number of amides is 1. The monoisotopic (exact) mass is 442 g/mol. The molecule has 1 fully saturated rings. The topological polar surface area (TPSA) is 69.0 Å². The zero-order chi connectivity index (χ0) is 21.1. The predicted octanol–water partition coefficient (Wildman–Crippen LogP) is 5.19. The van der Waals surface area contributed by atoms with Gasteiger partial charge in [-0.15, -0.1) is 10.2 Å². The smallest absolute Gasteiger partial charge is 0.234 e. The summed E-state index contributed by atoms with van der Waals surface area (Å²) in [7, 11) is 0. The third kappa shape index (κ3) is 5.15. The van der Waals surface area contributed by atoms with Gasteiger partial charge in [-0.05, 0) is 62.1 Å². The number of halogens is 1. The third-order valence-electron chi connectivity index (χ3n) is 4.68. The number of nitrogens with zero attached hydrogens (tertiary/aromatic N) is 3. The minimum Gasteiger partial charge on any atom is -0.484 e. The second kappa shape index (κ2) is 9.10. The highest BCUT2D eigenvalue weighted by Crippen LogP contribution is 2.39. The molecule has 1 aliphatic carbocycles. The lowest BCUT2D eigenvalue weighted by molar-refractivity contribution is -0.113. The largest absolute Gasteiger partial charge is 0.484 e. The molecule has 1 aromatic heterocycles.